The number of amides is 1. The van der Waals surface area contributed by atoms with Crippen LogP contribution in [0.15, 0.2) is 0 Å². The quantitative estimate of drug-likeness (QED) is 0.561. The smallest absolute Gasteiger partial charge is 0.217 e. The second-order valence-electron chi connectivity index (χ2n) is 5.61. The molecule has 1 saturated heterocycles. The van der Waals surface area contributed by atoms with Gasteiger partial charge in [-0.1, -0.05) is 33.9 Å². The molecule has 1 aliphatic rings. The van der Waals surface area contributed by atoms with E-state index in [-0.39, 0.29) is 23.6 Å². The Balaban J connectivity index is 2.86. The molecule has 1 aliphatic heterocycles. The van der Waals surface area contributed by atoms with Crippen LogP contribution in [0.2, 0.25) is 18.1 Å². The fraction of sp³-hybridized carbons (Fsp3) is 0.900. The summed E-state index contributed by atoms with van der Waals surface area (Å²) in [5, 5.41) is 9.29. The minimum atomic E-state index is -1.74. The predicted molar refractivity (Wildman–Crippen MR) is 59.5 cm³/mol. The van der Waals surface area contributed by atoms with Crippen LogP contribution in [0.1, 0.15) is 27.2 Å². The standard InChI is InChI=1S/C10H21NO2Si/c1-10(2,3)14(4,5)11-8(7-12)6-9(11)13/h8,12H,6-7H2,1-5H3. The first-order chi connectivity index (χ1) is 6.21. The Morgan fingerprint density at radius 3 is 2.29 bits per heavy atom. The minimum Gasteiger partial charge on any atom is -0.394 e. The molecule has 0 aliphatic carbocycles. The Hall–Kier alpha value is -0.353. The summed E-state index contributed by atoms with van der Waals surface area (Å²) in [6.45, 7) is 11.1. The van der Waals surface area contributed by atoms with Gasteiger partial charge in [-0.3, -0.25) is 4.79 Å². The summed E-state index contributed by atoms with van der Waals surface area (Å²) in [6.07, 6.45) is 0.531. The van der Waals surface area contributed by atoms with E-state index in [9.17, 15) is 4.79 Å². The van der Waals surface area contributed by atoms with Gasteiger partial charge in [0, 0.05) is 6.42 Å². The van der Waals surface area contributed by atoms with Crippen molar-refractivity contribution in [2.75, 3.05) is 6.61 Å². The van der Waals surface area contributed by atoms with E-state index < -0.39 is 8.24 Å². The highest BCUT2D eigenvalue weighted by Crippen LogP contribution is 2.42. The molecule has 0 saturated carbocycles. The Bertz CT molecular complexity index is 245. The molecule has 0 aromatic carbocycles. The number of nitrogens with zero attached hydrogens (tertiary/aromatic N) is 1. The molecule has 4 heteroatoms. The average molecular weight is 215 g/mol. The third-order valence-corrected chi connectivity index (χ3v) is 9.18. The summed E-state index contributed by atoms with van der Waals surface area (Å²) < 4.78 is 1.97. The fourth-order valence-electron chi connectivity index (χ4n) is 1.76. The van der Waals surface area contributed by atoms with Crippen molar-refractivity contribution in [3.63, 3.8) is 0 Å². The summed E-state index contributed by atoms with van der Waals surface area (Å²) in [5.41, 5.74) is 0. The summed E-state index contributed by atoms with van der Waals surface area (Å²) >= 11 is 0. The van der Waals surface area contributed by atoms with E-state index in [4.69, 9.17) is 5.11 Å². The lowest BCUT2D eigenvalue weighted by molar-refractivity contribution is -0.140. The first-order valence-corrected chi connectivity index (χ1v) is 8.09. The van der Waals surface area contributed by atoms with E-state index in [1.165, 1.54) is 0 Å². The minimum absolute atomic E-state index is 0.0865. The maximum atomic E-state index is 11.5. The fourth-order valence-corrected chi connectivity index (χ4v) is 4.28. The topological polar surface area (TPSA) is 40.5 Å². The van der Waals surface area contributed by atoms with Crippen molar-refractivity contribution in [3.8, 4) is 0 Å². The summed E-state index contributed by atoms with van der Waals surface area (Å²) in [5.74, 6) is 0.218. The van der Waals surface area contributed by atoms with E-state index in [1.54, 1.807) is 0 Å². The molecule has 0 aromatic rings. The van der Waals surface area contributed by atoms with Gasteiger partial charge in [-0.15, -0.1) is 0 Å². The Morgan fingerprint density at radius 2 is 2.00 bits per heavy atom. The third-order valence-electron chi connectivity index (χ3n) is 3.69. The van der Waals surface area contributed by atoms with E-state index in [0.717, 1.165) is 0 Å². The van der Waals surface area contributed by atoms with Crippen LogP contribution in [0, 0.1) is 0 Å². The van der Waals surface area contributed by atoms with Crippen molar-refractivity contribution < 1.29 is 9.90 Å². The zero-order valence-electron chi connectivity index (χ0n) is 9.79. The van der Waals surface area contributed by atoms with E-state index in [2.05, 4.69) is 33.9 Å². The maximum absolute atomic E-state index is 11.5. The molecule has 1 amide bonds. The van der Waals surface area contributed by atoms with Gasteiger partial charge in [0.25, 0.3) is 0 Å². The van der Waals surface area contributed by atoms with Crippen LogP contribution >= 0.6 is 0 Å². The molecule has 3 nitrogen and oxygen atoms in total. The molecule has 1 N–H and O–H groups in total. The Labute approximate surface area is 87.2 Å². The van der Waals surface area contributed by atoms with Gasteiger partial charge in [0.05, 0.1) is 12.6 Å². The van der Waals surface area contributed by atoms with Crippen LogP contribution in [0.25, 0.3) is 0 Å². The highest BCUT2D eigenvalue weighted by Gasteiger charge is 2.51. The van der Waals surface area contributed by atoms with E-state index >= 15 is 0 Å². The van der Waals surface area contributed by atoms with E-state index in [0.29, 0.717) is 6.42 Å². The van der Waals surface area contributed by atoms with Crippen LogP contribution in [0.3, 0.4) is 0 Å². The van der Waals surface area contributed by atoms with Crippen LogP contribution in [-0.4, -0.2) is 36.5 Å². The molecular formula is C10H21NO2Si. The highest BCUT2D eigenvalue weighted by molar-refractivity contribution is 6.79. The van der Waals surface area contributed by atoms with Crippen molar-refractivity contribution in [1.29, 1.82) is 0 Å². The number of aliphatic hydroxyl groups is 1. The van der Waals surface area contributed by atoms with Gasteiger partial charge in [-0.25, -0.2) is 0 Å². The highest BCUT2D eigenvalue weighted by atomic mass is 28.3. The van der Waals surface area contributed by atoms with Crippen LogP contribution in [0.5, 0.6) is 0 Å². The Kier molecular flexibility index (Phi) is 2.80. The number of hydrogen-bond donors (Lipinski definition) is 1. The second-order valence-corrected chi connectivity index (χ2v) is 10.7. The first kappa shape index (κ1) is 11.7. The summed E-state index contributed by atoms with van der Waals surface area (Å²) in [4.78, 5) is 11.5. The second kappa shape index (κ2) is 3.34. The molecule has 0 spiro atoms. The van der Waals surface area contributed by atoms with Gasteiger partial charge < -0.3 is 9.67 Å². The summed E-state index contributed by atoms with van der Waals surface area (Å²) in [6, 6.07) is 0.0865. The lowest BCUT2D eigenvalue weighted by Crippen LogP contribution is -2.69. The monoisotopic (exact) mass is 215 g/mol. The molecule has 1 rings (SSSR count). The van der Waals surface area contributed by atoms with Crippen molar-refractivity contribution in [2.24, 2.45) is 0 Å². The van der Waals surface area contributed by atoms with Gasteiger partial charge >= 0.3 is 0 Å². The van der Waals surface area contributed by atoms with Crippen LogP contribution in [-0.2, 0) is 4.79 Å². The molecule has 1 heterocycles. The molecule has 1 atom stereocenters. The Morgan fingerprint density at radius 1 is 1.50 bits per heavy atom. The number of hydrogen-bond acceptors (Lipinski definition) is 2. The molecule has 0 radical (unpaired) electrons. The van der Waals surface area contributed by atoms with Crippen molar-refractivity contribution >= 4 is 14.1 Å². The zero-order chi connectivity index (χ0) is 11.1. The maximum Gasteiger partial charge on any atom is 0.217 e. The average Bonchev–Trinajstić information content (AvgIpc) is 1.96. The van der Waals surface area contributed by atoms with Gasteiger partial charge in [0.15, 0.2) is 8.24 Å². The number of β-lactam (4-membered cyclic amide) rings is 1. The van der Waals surface area contributed by atoms with Gasteiger partial charge in [0.1, 0.15) is 0 Å². The molecule has 82 valence electrons. The SMILES string of the molecule is CC(C)(C)[Si](C)(C)N1C(=O)CC1CO. The normalized spacial score (nSPS) is 23.7. The van der Waals surface area contributed by atoms with Gasteiger partial charge in [-0.2, -0.15) is 0 Å². The third kappa shape index (κ3) is 1.61. The molecule has 1 fully saturated rings. The van der Waals surface area contributed by atoms with Crippen LogP contribution in [0.4, 0.5) is 0 Å². The van der Waals surface area contributed by atoms with Crippen molar-refractivity contribution in [1.82, 2.24) is 4.57 Å². The van der Waals surface area contributed by atoms with E-state index in [1.807, 2.05) is 4.57 Å². The summed E-state index contributed by atoms with van der Waals surface area (Å²) in [7, 11) is -1.74. The molecular weight excluding hydrogens is 194 g/mol. The lowest BCUT2D eigenvalue weighted by Gasteiger charge is -2.54. The number of carbonyl (C=O) groups excluding carboxylic acids is 1. The number of aliphatic hydroxyl groups excluding tert-OH is 1. The lowest BCUT2D eigenvalue weighted by atomic mass is 10.1. The molecule has 1 unspecified atom stereocenters. The molecule has 14 heavy (non-hydrogen) atoms. The van der Waals surface area contributed by atoms with Crippen molar-refractivity contribution in [2.45, 2.75) is 51.4 Å². The zero-order valence-corrected chi connectivity index (χ0v) is 10.8. The largest absolute Gasteiger partial charge is 0.394 e. The molecule has 0 aromatic heterocycles. The predicted octanol–water partition coefficient (Wildman–Crippen LogP) is 1.58. The van der Waals surface area contributed by atoms with Crippen molar-refractivity contribution in [3.05, 3.63) is 0 Å². The first-order valence-electron chi connectivity index (χ1n) is 5.15. The number of carbonyl (C=O) groups is 1. The van der Waals surface area contributed by atoms with Gasteiger partial charge in [-0.05, 0) is 5.04 Å². The van der Waals surface area contributed by atoms with Gasteiger partial charge in [0.2, 0.25) is 5.91 Å². The molecule has 0 bridgehead atoms. The number of rotatable bonds is 2. The van der Waals surface area contributed by atoms with Crippen LogP contribution < -0.4 is 0 Å².